The molecule has 1 amide bonds. The first-order chi connectivity index (χ1) is 14.7. The third kappa shape index (κ3) is 4.16. The van der Waals surface area contributed by atoms with Gasteiger partial charge < -0.3 is 20.1 Å². The molecule has 2 heterocycles. The van der Waals surface area contributed by atoms with Gasteiger partial charge in [-0.3, -0.25) is 4.79 Å². The number of hydrogen-bond acceptors (Lipinski definition) is 5. The number of carbonyl (C=O) groups excluding carboxylic acids is 1. The van der Waals surface area contributed by atoms with Gasteiger partial charge in [-0.25, -0.2) is 4.68 Å². The van der Waals surface area contributed by atoms with E-state index < -0.39 is 0 Å². The number of amides is 1. The molecule has 0 saturated carbocycles. The monoisotopic (exact) mass is 406 g/mol. The molecule has 156 valence electrons. The van der Waals surface area contributed by atoms with Crippen LogP contribution in [0, 0.1) is 0 Å². The van der Waals surface area contributed by atoms with Crippen LogP contribution in [0.2, 0.25) is 0 Å². The summed E-state index contributed by atoms with van der Waals surface area (Å²) < 4.78 is 12.3. The van der Waals surface area contributed by atoms with Crippen molar-refractivity contribution in [2.45, 2.75) is 18.8 Å². The lowest BCUT2D eigenvalue weighted by Crippen LogP contribution is -2.29. The number of methoxy groups -OCH3 is 2. The zero-order valence-electron chi connectivity index (χ0n) is 17.2. The zero-order chi connectivity index (χ0) is 20.9. The van der Waals surface area contributed by atoms with Crippen LogP contribution < -0.4 is 20.1 Å². The highest BCUT2D eigenvalue weighted by molar-refractivity contribution is 6.05. The summed E-state index contributed by atoms with van der Waals surface area (Å²) in [6.07, 6.45) is 3.59. The van der Waals surface area contributed by atoms with Crippen LogP contribution in [0.3, 0.4) is 0 Å². The van der Waals surface area contributed by atoms with Crippen LogP contribution in [-0.2, 0) is 0 Å². The molecule has 0 unspecified atom stereocenters. The van der Waals surface area contributed by atoms with Crippen molar-refractivity contribution < 1.29 is 14.3 Å². The molecule has 1 saturated heterocycles. The summed E-state index contributed by atoms with van der Waals surface area (Å²) in [5.74, 6) is 1.63. The van der Waals surface area contributed by atoms with Crippen molar-refractivity contribution in [3.05, 3.63) is 66.0 Å². The van der Waals surface area contributed by atoms with E-state index in [1.54, 1.807) is 20.4 Å². The molecule has 2 N–H and O–H groups in total. The van der Waals surface area contributed by atoms with Crippen LogP contribution in [0.4, 0.5) is 5.69 Å². The molecule has 1 aromatic heterocycles. The van der Waals surface area contributed by atoms with Gasteiger partial charge in [-0.1, -0.05) is 0 Å². The highest BCUT2D eigenvalue weighted by Crippen LogP contribution is 2.31. The Hall–Kier alpha value is -3.32. The van der Waals surface area contributed by atoms with Crippen molar-refractivity contribution in [1.82, 2.24) is 15.1 Å². The van der Waals surface area contributed by atoms with Gasteiger partial charge in [0.05, 0.1) is 37.4 Å². The van der Waals surface area contributed by atoms with Gasteiger partial charge in [0.25, 0.3) is 5.91 Å². The van der Waals surface area contributed by atoms with Crippen molar-refractivity contribution in [2.24, 2.45) is 0 Å². The zero-order valence-corrected chi connectivity index (χ0v) is 17.2. The summed E-state index contributed by atoms with van der Waals surface area (Å²) in [4.78, 5) is 13.1. The van der Waals surface area contributed by atoms with Crippen molar-refractivity contribution >= 4 is 11.6 Å². The van der Waals surface area contributed by atoms with Gasteiger partial charge in [-0.05, 0) is 74.5 Å². The number of ether oxygens (including phenoxy) is 2. The summed E-state index contributed by atoms with van der Waals surface area (Å²) in [5.41, 5.74) is 3.18. The van der Waals surface area contributed by atoms with Crippen molar-refractivity contribution in [3.63, 3.8) is 0 Å². The molecule has 1 fully saturated rings. The number of rotatable bonds is 6. The minimum Gasteiger partial charge on any atom is -0.497 e. The van der Waals surface area contributed by atoms with Gasteiger partial charge >= 0.3 is 0 Å². The first-order valence-corrected chi connectivity index (χ1v) is 10.1. The fraction of sp³-hybridized carbons (Fsp3) is 0.304. The molecular formula is C23H26N4O3. The lowest BCUT2D eigenvalue weighted by atomic mass is 9.91. The molecule has 4 rings (SSSR count). The number of hydrogen-bond donors (Lipinski definition) is 2. The largest absolute Gasteiger partial charge is 0.497 e. The third-order valence-corrected chi connectivity index (χ3v) is 5.44. The second-order valence-corrected chi connectivity index (χ2v) is 7.26. The molecular weight excluding hydrogens is 380 g/mol. The summed E-state index contributed by atoms with van der Waals surface area (Å²) in [6, 6.07) is 15.0. The summed E-state index contributed by atoms with van der Waals surface area (Å²) in [5, 5.41) is 11.0. The van der Waals surface area contributed by atoms with E-state index in [0.717, 1.165) is 48.8 Å². The summed E-state index contributed by atoms with van der Waals surface area (Å²) in [7, 11) is 3.26. The number of piperidine rings is 1. The Morgan fingerprint density at radius 2 is 1.60 bits per heavy atom. The quantitative estimate of drug-likeness (QED) is 0.654. The van der Waals surface area contributed by atoms with E-state index in [1.807, 2.05) is 53.2 Å². The molecule has 1 aliphatic rings. The second kappa shape index (κ2) is 9.00. The maximum Gasteiger partial charge on any atom is 0.259 e. The number of aromatic nitrogens is 2. The molecule has 1 aliphatic heterocycles. The molecule has 3 aromatic rings. The predicted molar refractivity (Wildman–Crippen MR) is 116 cm³/mol. The van der Waals surface area contributed by atoms with Crippen molar-refractivity contribution in [3.8, 4) is 17.2 Å². The highest BCUT2D eigenvalue weighted by atomic mass is 16.5. The van der Waals surface area contributed by atoms with E-state index in [0.29, 0.717) is 11.3 Å². The van der Waals surface area contributed by atoms with Crippen LogP contribution in [0.5, 0.6) is 11.5 Å². The molecule has 0 atom stereocenters. The Morgan fingerprint density at radius 3 is 2.20 bits per heavy atom. The van der Waals surface area contributed by atoms with E-state index in [9.17, 15) is 4.79 Å². The third-order valence-electron chi connectivity index (χ3n) is 5.44. The number of anilines is 1. The van der Waals surface area contributed by atoms with Gasteiger partial charge in [-0.2, -0.15) is 5.10 Å². The van der Waals surface area contributed by atoms with Gasteiger partial charge in [0.2, 0.25) is 0 Å². The molecule has 0 aliphatic carbocycles. The average molecular weight is 406 g/mol. The minimum absolute atomic E-state index is 0.159. The van der Waals surface area contributed by atoms with Gasteiger partial charge in [-0.15, -0.1) is 0 Å². The van der Waals surface area contributed by atoms with Crippen molar-refractivity contribution in [1.29, 1.82) is 0 Å². The van der Waals surface area contributed by atoms with E-state index in [2.05, 4.69) is 15.7 Å². The Balaban J connectivity index is 1.67. The standard InChI is InChI=1S/C23H26N4O3/c1-29-19-7-3-17(4-8-19)26-23(28)21-15-25-27(18-5-9-20(30-2)10-6-18)22(21)16-11-13-24-14-12-16/h3-10,15-16,24H,11-14H2,1-2H3,(H,26,28). The Kier molecular flexibility index (Phi) is 5.99. The smallest absolute Gasteiger partial charge is 0.259 e. The normalized spacial score (nSPS) is 14.3. The number of benzene rings is 2. The van der Waals surface area contributed by atoms with E-state index in [4.69, 9.17) is 9.47 Å². The fourth-order valence-electron chi connectivity index (χ4n) is 3.82. The fourth-order valence-corrected chi connectivity index (χ4v) is 3.82. The summed E-state index contributed by atoms with van der Waals surface area (Å²) >= 11 is 0. The molecule has 2 aromatic carbocycles. The van der Waals surface area contributed by atoms with Crippen LogP contribution in [0.1, 0.15) is 34.8 Å². The molecule has 30 heavy (non-hydrogen) atoms. The number of carbonyl (C=O) groups is 1. The Bertz CT molecular complexity index is 990. The highest BCUT2D eigenvalue weighted by Gasteiger charge is 2.27. The van der Waals surface area contributed by atoms with Gasteiger partial charge in [0.1, 0.15) is 11.5 Å². The molecule has 7 heteroatoms. The maximum atomic E-state index is 13.1. The lowest BCUT2D eigenvalue weighted by molar-refractivity contribution is 0.102. The average Bonchev–Trinajstić information content (AvgIpc) is 3.25. The second-order valence-electron chi connectivity index (χ2n) is 7.26. The number of nitrogens with one attached hydrogen (secondary N) is 2. The van der Waals surface area contributed by atoms with Crippen LogP contribution >= 0.6 is 0 Å². The summed E-state index contributed by atoms with van der Waals surface area (Å²) in [6.45, 7) is 1.86. The first-order valence-electron chi connectivity index (χ1n) is 10.1. The van der Waals surface area contributed by atoms with Gasteiger partial charge in [0.15, 0.2) is 0 Å². The van der Waals surface area contributed by atoms with E-state index in [1.165, 1.54) is 0 Å². The Labute approximate surface area is 176 Å². The maximum absolute atomic E-state index is 13.1. The van der Waals surface area contributed by atoms with E-state index >= 15 is 0 Å². The van der Waals surface area contributed by atoms with Crippen LogP contribution in [0.25, 0.3) is 5.69 Å². The molecule has 0 spiro atoms. The molecule has 0 bridgehead atoms. The Morgan fingerprint density at radius 1 is 1.00 bits per heavy atom. The van der Waals surface area contributed by atoms with Crippen LogP contribution in [0.15, 0.2) is 54.7 Å². The lowest BCUT2D eigenvalue weighted by Gasteiger charge is -2.24. The first kappa shape index (κ1) is 20.0. The topological polar surface area (TPSA) is 77.4 Å². The molecule has 7 nitrogen and oxygen atoms in total. The molecule has 0 radical (unpaired) electrons. The van der Waals surface area contributed by atoms with Crippen molar-refractivity contribution in [2.75, 3.05) is 32.6 Å². The minimum atomic E-state index is -0.159. The SMILES string of the molecule is COc1ccc(NC(=O)c2cnn(-c3ccc(OC)cc3)c2C2CCNCC2)cc1. The van der Waals surface area contributed by atoms with E-state index in [-0.39, 0.29) is 11.8 Å². The number of nitrogens with zero attached hydrogens (tertiary/aromatic N) is 2. The predicted octanol–water partition coefficient (Wildman–Crippen LogP) is 3.61. The van der Waals surface area contributed by atoms with Crippen LogP contribution in [-0.4, -0.2) is 43.0 Å². The van der Waals surface area contributed by atoms with Gasteiger partial charge in [0, 0.05) is 11.6 Å².